The van der Waals surface area contributed by atoms with Gasteiger partial charge in [0.2, 0.25) is 0 Å². The first-order valence-electron chi connectivity index (χ1n) is 8.92. The van der Waals surface area contributed by atoms with Gasteiger partial charge in [-0.3, -0.25) is 0 Å². The van der Waals surface area contributed by atoms with Crippen LogP contribution in [0.5, 0.6) is 0 Å². The van der Waals surface area contributed by atoms with E-state index < -0.39 is 0 Å². The summed E-state index contributed by atoms with van der Waals surface area (Å²) in [6.45, 7) is 12.6. The van der Waals surface area contributed by atoms with E-state index in [1.165, 1.54) is 71.1 Å². The summed E-state index contributed by atoms with van der Waals surface area (Å²) < 4.78 is 0. The molecule has 0 amide bonds. The van der Waals surface area contributed by atoms with E-state index >= 15 is 0 Å². The van der Waals surface area contributed by atoms with Gasteiger partial charge >= 0.3 is 0 Å². The maximum Gasteiger partial charge on any atom is 0.00684 e. The molecule has 0 spiro atoms. The second kappa shape index (κ2) is 5.61. The van der Waals surface area contributed by atoms with Crippen LogP contribution in [0, 0.1) is 16.7 Å². The van der Waals surface area contributed by atoms with Crippen molar-refractivity contribution in [3.05, 3.63) is 0 Å². The monoisotopic (exact) mass is 278 g/mol. The number of nitrogens with one attached hydrogen (secondary N) is 1. The van der Waals surface area contributed by atoms with Gasteiger partial charge < -0.3 is 10.2 Å². The smallest absolute Gasteiger partial charge is 0.00684 e. The Hall–Kier alpha value is -0.0800. The molecule has 1 saturated heterocycles. The molecule has 2 saturated carbocycles. The Morgan fingerprint density at radius 1 is 1.15 bits per heavy atom. The molecule has 3 fully saturated rings. The molecule has 3 rings (SSSR count). The molecule has 1 N–H and O–H groups in total. The zero-order valence-electron chi connectivity index (χ0n) is 13.9. The van der Waals surface area contributed by atoms with E-state index in [2.05, 4.69) is 31.0 Å². The van der Waals surface area contributed by atoms with Crippen molar-refractivity contribution in [1.82, 2.24) is 10.2 Å². The zero-order chi connectivity index (χ0) is 14.2. The molecule has 0 radical (unpaired) electrons. The molecule has 1 aliphatic heterocycles. The van der Waals surface area contributed by atoms with Gasteiger partial charge in [-0.05, 0) is 55.4 Å². The third-order valence-corrected chi connectivity index (χ3v) is 5.84. The van der Waals surface area contributed by atoms with Crippen LogP contribution in [0.3, 0.4) is 0 Å². The van der Waals surface area contributed by atoms with Crippen molar-refractivity contribution in [2.75, 3.05) is 26.2 Å². The summed E-state index contributed by atoms with van der Waals surface area (Å²) in [5.74, 6) is 0.931. The average molecular weight is 278 g/mol. The van der Waals surface area contributed by atoms with E-state index in [1.807, 2.05) is 0 Å². The highest BCUT2D eigenvalue weighted by Gasteiger charge is 2.40. The van der Waals surface area contributed by atoms with Crippen LogP contribution in [0.25, 0.3) is 0 Å². The third-order valence-electron chi connectivity index (χ3n) is 5.84. The maximum absolute atomic E-state index is 3.86. The molecule has 1 heterocycles. The average Bonchev–Trinajstić information content (AvgIpc) is 3.12. The minimum atomic E-state index is 0.547. The van der Waals surface area contributed by atoms with Crippen molar-refractivity contribution in [3.63, 3.8) is 0 Å². The van der Waals surface area contributed by atoms with Crippen LogP contribution in [0.1, 0.15) is 65.7 Å². The predicted molar refractivity (Wildman–Crippen MR) is 85.9 cm³/mol. The molecule has 0 aromatic carbocycles. The van der Waals surface area contributed by atoms with Crippen molar-refractivity contribution in [1.29, 1.82) is 0 Å². The summed E-state index contributed by atoms with van der Waals surface area (Å²) in [6.07, 6.45) is 10.0. The van der Waals surface area contributed by atoms with Crippen LogP contribution in [-0.2, 0) is 0 Å². The highest BCUT2D eigenvalue weighted by molar-refractivity contribution is 4.95. The Labute approximate surface area is 125 Å². The standard InChI is InChI=1S/C18H34N2/c1-15-5-4-8-18(11-15,12-19-16-6-7-16)14-20-10-9-17(2,3)13-20/h15-16,19H,4-14H2,1-3H3. The van der Waals surface area contributed by atoms with Gasteiger partial charge in [-0.15, -0.1) is 0 Å². The molecule has 2 unspecified atom stereocenters. The predicted octanol–water partition coefficient (Wildman–Crippen LogP) is 3.67. The molecule has 116 valence electrons. The molecular weight excluding hydrogens is 244 g/mol. The first-order valence-corrected chi connectivity index (χ1v) is 8.92. The Kier molecular flexibility index (Phi) is 4.16. The summed E-state index contributed by atoms with van der Waals surface area (Å²) in [5.41, 5.74) is 1.12. The molecule has 0 bridgehead atoms. The topological polar surface area (TPSA) is 15.3 Å². The van der Waals surface area contributed by atoms with Gasteiger partial charge in [0, 0.05) is 25.7 Å². The highest BCUT2D eigenvalue weighted by Crippen LogP contribution is 2.42. The molecule has 2 nitrogen and oxygen atoms in total. The normalized spacial score (nSPS) is 38.2. The minimum Gasteiger partial charge on any atom is -0.313 e. The summed E-state index contributed by atoms with van der Waals surface area (Å²) in [7, 11) is 0. The second-order valence-corrected chi connectivity index (χ2v) is 8.98. The van der Waals surface area contributed by atoms with Gasteiger partial charge in [0.25, 0.3) is 0 Å². The molecule has 20 heavy (non-hydrogen) atoms. The number of rotatable bonds is 5. The lowest BCUT2D eigenvalue weighted by Gasteiger charge is -2.43. The molecule has 2 aliphatic carbocycles. The van der Waals surface area contributed by atoms with Crippen LogP contribution in [-0.4, -0.2) is 37.1 Å². The van der Waals surface area contributed by atoms with Crippen molar-refractivity contribution < 1.29 is 0 Å². The fraction of sp³-hybridized carbons (Fsp3) is 1.00. The molecule has 2 atom stereocenters. The summed E-state index contributed by atoms with van der Waals surface area (Å²) >= 11 is 0. The van der Waals surface area contributed by atoms with Gasteiger partial charge in [0.1, 0.15) is 0 Å². The first kappa shape index (κ1) is 14.8. The molecule has 2 heteroatoms. The summed E-state index contributed by atoms with van der Waals surface area (Å²) in [4.78, 5) is 2.77. The van der Waals surface area contributed by atoms with Crippen LogP contribution in [0.15, 0.2) is 0 Å². The van der Waals surface area contributed by atoms with Crippen molar-refractivity contribution in [2.24, 2.45) is 16.7 Å². The number of nitrogens with zero attached hydrogens (tertiary/aromatic N) is 1. The maximum atomic E-state index is 3.86. The van der Waals surface area contributed by atoms with E-state index in [-0.39, 0.29) is 0 Å². The number of hydrogen-bond donors (Lipinski definition) is 1. The fourth-order valence-corrected chi connectivity index (χ4v) is 4.61. The second-order valence-electron chi connectivity index (χ2n) is 8.98. The summed E-state index contributed by atoms with van der Waals surface area (Å²) in [5, 5.41) is 3.86. The SMILES string of the molecule is CC1CCCC(CNC2CC2)(CN2CCC(C)(C)C2)C1. The van der Waals surface area contributed by atoms with E-state index in [9.17, 15) is 0 Å². The lowest BCUT2D eigenvalue weighted by Crippen LogP contribution is -2.46. The third kappa shape index (κ3) is 3.76. The van der Waals surface area contributed by atoms with E-state index in [1.54, 1.807) is 0 Å². The van der Waals surface area contributed by atoms with Gasteiger partial charge in [-0.25, -0.2) is 0 Å². The zero-order valence-corrected chi connectivity index (χ0v) is 13.9. The van der Waals surface area contributed by atoms with Crippen LogP contribution >= 0.6 is 0 Å². The van der Waals surface area contributed by atoms with Crippen LogP contribution in [0.4, 0.5) is 0 Å². The largest absolute Gasteiger partial charge is 0.313 e. The van der Waals surface area contributed by atoms with E-state index in [0.717, 1.165) is 12.0 Å². The van der Waals surface area contributed by atoms with Crippen molar-refractivity contribution >= 4 is 0 Å². The van der Waals surface area contributed by atoms with Crippen LogP contribution in [0.2, 0.25) is 0 Å². The molecule has 3 aliphatic rings. The van der Waals surface area contributed by atoms with Gasteiger partial charge in [-0.1, -0.05) is 33.6 Å². The van der Waals surface area contributed by atoms with Gasteiger partial charge in [0.05, 0.1) is 0 Å². The summed E-state index contributed by atoms with van der Waals surface area (Å²) in [6, 6.07) is 0.860. The van der Waals surface area contributed by atoms with E-state index in [4.69, 9.17) is 0 Å². The Balaban J connectivity index is 1.61. The first-order chi connectivity index (χ1) is 9.46. The van der Waals surface area contributed by atoms with Gasteiger partial charge in [0.15, 0.2) is 0 Å². The van der Waals surface area contributed by atoms with Crippen molar-refractivity contribution in [3.8, 4) is 0 Å². The van der Waals surface area contributed by atoms with Crippen LogP contribution < -0.4 is 5.32 Å². The lowest BCUT2D eigenvalue weighted by atomic mass is 9.69. The Morgan fingerprint density at radius 2 is 1.95 bits per heavy atom. The quantitative estimate of drug-likeness (QED) is 0.825. The fourth-order valence-electron chi connectivity index (χ4n) is 4.61. The lowest BCUT2D eigenvalue weighted by molar-refractivity contribution is 0.0863. The van der Waals surface area contributed by atoms with E-state index in [0.29, 0.717) is 10.8 Å². The van der Waals surface area contributed by atoms with Gasteiger partial charge in [-0.2, -0.15) is 0 Å². The minimum absolute atomic E-state index is 0.547. The van der Waals surface area contributed by atoms with Crippen molar-refractivity contribution in [2.45, 2.75) is 71.8 Å². The molecule has 0 aromatic rings. The highest BCUT2D eigenvalue weighted by atomic mass is 15.2. The Bertz CT molecular complexity index is 334. The molecule has 0 aromatic heterocycles. The Morgan fingerprint density at radius 3 is 2.55 bits per heavy atom. The number of likely N-dealkylation sites (tertiary alicyclic amines) is 1. The molecular formula is C18H34N2. The number of hydrogen-bond acceptors (Lipinski definition) is 2.